The topological polar surface area (TPSA) is 51.6 Å². The fourth-order valence-corrected chi connectivity index (χ4v) is 2.00. The van der Waals surface area contributed by atoms with Crippen LogP contribution in [0.15, 0.2) is 36.4 Å². The maximum atomic E-state index is 5.99. The van der Waals surface area contributed by atoms with Crippen molar-refractivity contribution in [3.05, 3.63) is 46.7 Å². The molecule has 2 heterocycles. The maximum Gasteiger partial charge on any atom is 0.179 e. The van der Waals surface area contributed by atoms with Crippen LogP contribution in [0.5, 0.6) is 0 Å². The van der Waals surface area contributed by atoms with Gasteiger partial charge in [-0.15, -0.1) is 20.4 Å². The number of rotatable bonds is 1. The Hall–Kier alpha value is -1.78. The Balaban J connectivity index is 2.26. The molecule has 18 heavy (non-hydrogen) atoms. The largest absolute Gasteiger partial charge is 0.179 e. The van der Waals surface area contributed by atoms with Crippen molar-refractivity contribution in [2.75, 3.05) is 0 Å². The van der Waals surface area contributed by atoms with Crippen LogP contribution in [0, 0.1) is 0 Å². The standard InChI is InChI=1S/C12H6Cl2N4/c13-11-8-6-9(7-4-2-1-3-5-7)15-16-10(8)12(14)18-17-11/h1-6H. The van der Waals surface area contributed by atoms with Crippen LogP contribution in [0.3, 0.4) is 0 Å². The number of fused-ring (bicyclic) bond motifs is 1. The molecule has 88 valence electrons. The molecule has 0 saturated heterocycles. The average Bonchev–Trinajstić information content (AvgIpc) is 2.44. The molecular formula is C12H6Cl2N4. The Kier molecular flexibility index (Phi) is 2.81. The summed E-state index contributed by atoms with van der Waals surface area (Å²) in [6.45, 7) is 0. The van der Waals surface area contributed by atoms with Crippen molar-refractivity contribution < 1.29 is 0 Å². The van der Waals surface area contributed by atoms with Gasteiger partial charge in [-0.05, 0) is 6.07 Å². The summed E-state index contributed by atoms with van der Waals surface area (Å²) in [5.41, 5.74) is 2.13. The van der Waals surface area contributed by atoms with E-state index in [2.05, 4.69) is 20.4 Å². The third-order valence-electron chi connectivity index (χ3n) is 2.51. The minimum atomic E-state index is 0.196. The van der Waals surface area contributed by atoms with Gasteiger partial charge in [0.25, 0.3) is 0 Å². The summed E-state index contributed by atoms with van der Waals surface area (Å²) in [5.74, 6) is 0. The normalized spacial score (nSPS) is 10.8. The average molecular weight is 277 g/mol. The predicted molar refractivity (Wildman–Crippen MR) is 70.6 cm³/mol. The fraction of sp³-hybridized carbons (Fsp3) is 0. The van der Waals surface area contributed by atoms with Gasteiger partial charge in [-0.3, -0.25) is 0 Å². The summed E-state index contributed by atoms with van der Waals surface area (Å²) in [6, 6.07) is 11.5. The van der Waals surface area contributed by atoms with Crippen molar-refractivity contribution in [1.29, 1.82) is 0 Å². The lowest BCUT2D eigenvalue weighted by atomic mass is 10.1. The molecule has 1 aromatic carbocycles. The van der Waals surface area contributed by atoms with E-state index in [1.165, 1.54) is 0 Å². The molecule has 3 rings (SSSR count). The van der Waals surface area contributed by atoms with Crippen LogP contribution in [-0.4, -0.2) is 20.4 Å². The highest BCUT2D eigenvalue weighted by Crippen LogP contribution is 2.27. The highest BCUT2D eigenvalue weighted by molar-refractivity contribution is 6.37. The summed E-state index contributed by atoms with van der Waals surface area (Å²) in [7, 11) is 0. The number of hydrogen-bond acceptors (Lipinski definition) is 4. The third-order valence-corrected chi connectivity index (χ3v) is 3.04. The van der Waals surface area contributed by atoms with E-state index in [0.29, 0.717) is 16.6 Å². The van der Waals surface area contributed by atoms with E-state index in [4.69, 9.17) is 23.2 Å². The van der Waals surface area contributed by atoms with Gasteiger partial charge in [-0.2, -0.15) is 0 Å². The first kappa shape index (κ1) is 11.3. The Labute approximate surface area is 113 Å². The van der Waals surface area contributed by atoms with E-state index < -0.39 is 0 Å². The summed E-state index contributed by atoms with van der Waals surface area (Å²) < 4.78 is 0. The summed E-state index contributed by atoms with van der Waals surface area (Å²) >= 11 is 11.9. The zero-order valence-corrected chi connectivity index (χ0v) is 10.5. The molecule has 0 saturated carbocycles. The lowest BCUT2D eigenvalue weighted by Crippen LogP contribution is -1.94. The molecule has 0 aliphatic carbocycles. The van der Waals surface area contributed by atoms with Gasteiger partial charge in [0.15, 0.2) is 10.3 Å². The summed E-state index contributed by atoms with van der Waals surface area (Å²) in [6.07, 6.45) is 0. The molecule has 3 aromatic rings. The Morgan fingerprint density at radius 1 is 0.778 bits per heavy atom. The molecule has 0 N–H and O–H groups in total. The molecule has 6 heteroatoms. The van der Waals surface area contributed by atoms with Crippen LogP contribution < -0.4 is 0 Å². The van der Waals surface area contributed by atoms with Gasteiger partial charge in [0, 0.05) is 10.9 Å². The monoisotopic (exact) mass is 276 g/mol. The molecule has 0 spiro atoms. The highest BCUT2D eigenvalue weighted by atomic mass is 35.5. The number of nitrogens with zero attached hydrogens (tertiary/aromatic N) is 4. The number of benzene rings is 1. The van der Waals surface area contributed by atoms with Crippen molar-refractivity contribution in [1.82, 2.24) is 20.4 Å². The first-order valence-corrected chi connectivity index (χ1v) is 5.92. The van der Waals surface area contributed by atoms with E-state index in [-0.39, 0.29) is 10.3 Å². The molecule has 0 radical (unpaired) electrons. The lowest BCUT2D eigenvalue weighted by Gasteiger charge is -2.03. The van der Waals surface area contributed by atoms with Crippen LogP contribution in [-0.2, 0) is 0 Å². The predicted octanol–water partition coefficient (Wildman–Crippen LogP) is 3.39. The van der Waals surface area contributed by atoms with Gasteiger partial charge in [0.05, 0.1) is 5.69 Å². The highest BCUT2D eigenvalue weighted by Gasteiger charge is 2.10. The first-order chi connectivity index (χ1) is 8.75. The summed E-state index contributed by atoms with van der Waals surface area (Å²) in [5, 5.41) is 16.7. The molecule has 0 aliphatic heterocycles. The molecule has 2 aromatic heterocycles. The summed E-state index contributed by atoms with van der Waals surface area (Å²) in [4.78, 5) is 0. The molecule has 0 unspecified atom stereocenters. The molecule has 0 amide bonds. The van der Waals surface area contributed by atoms with Crippen LogP contribution in [0.2, 0.25) is 10.3 Å². The smallest absolute Gasteiger partial charge is 0.150 e. The number of halogens is 2. The van der Waals surface area contributed by atoms with E-state index >= 15 is 0 Å². The van der Waals surface area contributed by atoms with Gasteiger partial charge < -0.3 is 0 Å². The number of aromatic nitrogens is 4. The zero-order chi connectivity index (χ0) is 12.5. The second-order valence-electron chi connectivity index (χ2n) is 3.64. The Morgan fingerprint density at radius 3 is 2.28 bits per heavy atom. The number of hydrogen-bond donors (Lipinski definition) is 0. The zero-order valence-electron chi connectivity index (χ0n) is 9.01. The van der Waals surface area contributed by atoms with Gasteiger partial charge in [0.2, 0.25) is 0 Å². The van der Waals surface area contributed by atoms with Crippen molar-refractivity contribution >= 4 is 34.1 Å². The van der Waals surface area contributed by atoms with E-state index in [9.17, 15) is 0 Å². The van der Waals surface area contributed by atoms with Gasteiger partial charge >= 0.3 is 0 Å². The van der Waals surface area contributed by atoms with Crippen LogP contribution in [0.4, 0.5) is 0 Å². The van der Waals surface area contributed by atoms with Gasteiger partial charge in [0.1, 0.15) is 5.52 Å². The van der Waals surface area contributed by atoms with Crippen LogP contribution in [0.1, 0.15) is 0 Å². The van der Waals surface area contributed by atoms with E-state index in [1.807, 2.05) is 30.3 Å². The van der Waals surface area contributed by atoms with Crippen molar-refractivity contribution in [2.24, 2.45) is 0 Å². The van der Waals surface area contributed by atoms with Crippen molar-refractivity contribution in [3.8, 4) is 11.3 Å². The van der Waals surface area contributed by atoms with Crippen molar-refractivity contribution in [3.63, 3.8) is 0 Å². The van der Waals surface area contributed by atoms with Gasteiger partial charge in [-0.1, -0.05) is 53.5 Å². The first-order valence-electron chi connectivity index (χ1n) is 5.16. The quantitative estimate of drug-likeness (QED) is 0.684. The van der Waals surface area contributed by atoms with Crippen LogP contribution in [0.25, 0.3) is 22.2 Å². The minimum absolute atomic E-state index is 0.196. The Bertz CT molecular complexity index is 716. The second kappa shape index (κ2) is 4.48. The molecule has 0 atom stereocenters. The lowest BCUT2D eigenvalue weighted by molar-refractivity contribution is 1.02. The fourth-order valence-electron chi connectivity index (χ4n) is 1.64. The van der Waals surface area contributed by atoms with E-state index in [0.717, 1.165) is 5.56 Å². The molecule has 0 fully saturated rings. The molecular weight excluding hydrogens is 271 g/mol. The Morgan fingerprint density at radius 2 is 1.50 bits per heavy atom. The third kappa shape index (κ3) is 1.89. The molecule has 4 nitrogen and oxygen atoms in total. The SMILES string of the molecule is Clc1nnc(Cl)c2nnc(-c3ccccc3)cc12. The maximum absolute atomic E-state index is 5.99. The minimum Gasteiger partial charge on any atom is -0.150 e. The van der Waals surface area contributed by atoms with Gasteiger partial charge in [-0.25, -0.2) is 0 Å². The van der Waals surface area contributed by atoms with Crippen LogP contribution >= 0.6 is 23.2 Å². The molecule has 0 aliphatic rings. The van der Waals surface area contributed by atoms with Crippen molar-refractivity contribution in [2.45, 2.75) is 0 Å². The second-order valence-corrected chi connectivity index (χ2v) is 4.36. The molecule has 0 bridgehead atoms. The van der Waals surface area contributed by atoms with E-state index in [1.54, 1.807) is 6.07 Å².